The Kier molecular flexibility index (Phi) is 6.76. The molecule has 1 atom stereocenters. The van der Waals surface area contributed by atoms with Gasteiger partial charge >= 0.3 is 0 Å². The van der Waals surface area contributed by atoms with E-state index in [0.29, 0.717) is 17.6 Å². The molecule has 1 unspecified atom stereocenters. The topological polar surface area (TPSA) is 49.4 Å². The minimum atomic E-state index is -3.53. The molecule has 1 aromatic carbocycles. The van der Waals surface area contributed by atoms with Crippen LogP contribution in [0.3, 0.4) is 0 Å². The van der Waals surface area contributed by atoms with Crippen LogP contribution in [0.25, 0.3) is 0 Å². The van der Waals surface area contributed by atoms with Crippen LogP contribution in [0.2, 0.25) is 5.02 Å². The summed E-state index contributed by atoms with van der Waals surface area (Å²) in [5, 5.41) is 3.39. The SMILES string of the molecule is CNC1CCCN(S(=O)(=O)c2cc(Br)ccc2Cl)C1.Cl. The van der Waals surface area contributed by atoms with Gasteiger partial charge < -0.3 is 5.32 Å². The van der Waals surface area contributed by atoms with Gasteiger partial charge in [0.25, 0.3) is 0 Å². The lowest BCUT2D eigenvalue weighted by Crippen LogP contribution is -2.46. The molecule has 0 spiro atoms. The Balaban J connectivity index is 0.00000200. The number of nitrogens with zero attached hydrogens (tertiary/aromatic N) is 1. The van der Waals surface area contributed by atoms with Gasteiger partial charge in [-0.15, -0.1) is 12.4 Å². The lowest BCUT2D eigenvalue weighted by Gasteiger charge is -2.31. The highest BCUT2D eigenvalue weighted by Crippen LogP contribution is 2.29. The summed E-state index contributed by atoms with van der Waals surface area (Å²) in [6, 6.07) is 5.08. The van der Waals surface area contributed by atoms with Crippen LogP contribution in [0.1, 0.15) is 12.8 Å². The highest BCUT2D eigenvalue weighted by atomic mass is 79.9. The molecule has 1 aliphatic rings. The molecule has 1 fully saturated rings. The lowest BCUT2D eigenvalue weighted by atomic mass is 10.1. The van der Waals surface area contributed by atoms with Gasteiger partial charge in [-0.25, -0.2) is 8.42 Å². The van der Waals surface area contributed by atoms with E-state index in [1.807, 2.05) is 7.05 Å². The number of hydrogen-bond donors (Lipinski definition) is 1. The van der Waals surface area contributed by atoms with Crippen molar-refractivity contribution >= 4 is 50.0 Å². The Hall–Kier alpha value is 0.150. The van der Waals surface area contributed by atoms with E-state index in [1.54, 1.807) is 18.2 Å². The zero-order valence-electron chi connectivity index (χ0n) is 11.0. The Bertz CT molecular complexity index is 569. The number of halogens is 3. The van der Waals surface area contributed by atoms with Gasteiger partial charge in [0, 0.05) is 23.6 Å². The summed E-state index contributed by atoms with van der Waals surface area (Å²) >= 11 is 9.31. The molecule has 1 heterocycles. The molecule has 0 bridgehead atoms. The van der Waals surface area contributed by atoms with Crippen molar-refractivity contribution < 1.29 is 8.42 Å². The molecular formula is C12H17BrCl2N2O2S. The number of nitrogens with one attached hydrogen (secondary N) is 1. The van der Waals surface area contributed by atoms with Gasteiger partial charge in [0.1, 0.15) is 4.90 Å². The first kappa shape index (κ1) is 18.2. The first-order chi connectivity index (χ1) is 8.95. The third-order valence-corrected chi connectivity index (χ3v) is 6.14. The summed E-state index contributed by atoms with van der Waals surface area (Å²) in [7, 11) is -1.67. The molecule has 0 amide bonds. The van der Waals surface area contributed by atoms with Crippen molar-refractivity contribution in [1.82, 2.24) is 9.62 Å². The normalized spacial score (nSPS) is 20.4. The average molecular weight is 404 g/mol. The molecule has 0 aliphatic carbocycles. The van der Waals surface area contributed by atoms with Crippen LogP contribution in [0.15, 0.2) is 27.6 Å². The molecule has 1 aromatic rings. The Morgan fingerprint density at radius 1 is 1.45 bits per heavy atom. The van der Waals surface area contributed by atoms with E-state index in [2.05, 4.69) is 21.2 Å². The fourth-order valence-electron chi connectivity index (χ4n) is 2.21. The van der Waals surface area contributed by atoms with Crippen molar-refractivity contribution in [2.75, 3.05) is 20.1 Å². The first-order valence-corrected chi connectivity index (χ1v) is 8.68. The Morgan fingerprint density at radius 3 is 2.80 bits per heavy atom. The number of likely N-dealkylation sites (N-methyl/N-ethyl adjacent to an activating group) is 1. The fraction of sp³-hybridized carbons (Fsp3) is 0.500. The maximum atomic E-state index is 12.6. The second-order valence-electron chi connectivity index (χ2n) is 4.57. The Labute approximate surface area is 139 Å². The summed E-state index contributed by atoms with van der Waals surface area (Å²) in [5.74, 6) is 0. The third kappa shape index (κ3) is 3.87. The van der Waals surface area contributed by atoms with Crippen molar-refractivity contribution in [2.24, 2.45) is 0 Å². The van der Waals surface area contributed by atoms with Crippen LogP contribution < -0.4 is 5.32 Å². The van der Waals surface area contributed by atoms with Gasteiger partial charge in [-0.1, -0.05) is 27.5 Å². The standard InChI is InChI=1S/C12H16BrClN2O2S.ClH/c1-15-10-3-2-6-16(8-10)19(17,18)12-7-9(13)4-5-11(12)14;/h4-5,7,10,15H,2-3,6,8H2,1H3;1H. The van der Waals surface area contributed by atoms with Crippen LogP contribution in [-0.2, 0) is 10.0 Å². The Morgan fingerprint density at radius 2 is 2.15 bits per heavy atom. The van der Waals surface area contributed by atoms with Gasteiger partial charge in [0.05, 0.1) is 5.02 Å². The molecule has 0 radical (unpaired) electrons. The summed E-state index contributed by atoms with van der Waals surface area (Å²) in [6.45, 7) is 1.03. The first-order valence-electron chi connectivity index (χ1n) is 6.07. The molecule has 0 aromatic heterocycles. The van der Waals surface area contributed by atoms with E-state index in [4.69, 9.17) is 11.6 Å². The highest BCUT2D eigenvalue weighted by Gasteiger charge is 2.31. The number of benzene rings is 1. The van der Waals surface area contributed by atoms with E-state index in [-0.39, 0.29) is 28.4 Å². The quantitative estimate of drug-likeness (QED) is 0.843. The summed E-state index contributed by atoms with van der Waals surface area (Å²) in [4.78, 5) is 0.167. The van der Waals surface area contributed by atoms with Crippen LogP contribution in [-0.4, -0.2) is 38.9 Å². The van der Waals surface area contributed by atoms with E-state index in [0.717, 1.165) is 12.8 Å². The van der Waals surface area contributed by atoms with Crippen molar-refractivity contribution in [1.29, 1.82) is 0 Å². The van der Waals surface area contributed by atoms with Gasteiger partial charge in [0.2, 0.25) is 10.0 Å². The number of rotatable bonds is 3. The number of sulfonamides is 1. The van der Waals surface area contributed by atoms with Crippen LogP contribution in [0.4, 0.5) is 0 Å². The molecule has 4 nitrogen and oxygen atoms in total. The number of piperidine rings is 1. The minimum absolute atomic E-state index is 0. The maximum absolute atomic E-state index is 12.6. The van der Waals surface area contributed by atoms with E-state index in [1.165, 1.54) is 4.31 Å². The summed E-state index contributed by atoms with van der Waals surface area (Å²) in [6.07, 6.45) is 1.85. The summed E-state index contributed by atoms with van der Waals surface area (Å²) in [5.41, 5.74) is 0. The third-order valence-electron chi connectivity index (χ3n) is 3.30. The molecular weight excluding hydrogens is 387 g/mol. The molecule has 0 saturated carbocycles. The second-order valence-corrected chi connectivity index (χ2v) is 7.79. The molecule has 1 N–H and O–H groups in total. The van der Waals surface area contributed by atoms with Gasteiger partial charge in [0.15, 0.2) is 0 Å². The van der Waals surface area contributed by atoms with Crippen molar-refractivity contribution in [3.05, 3.63) is 27.7 Å². The average Bonchev–Trinajstić information content (AvgIpc) is 2.41. The maximum Gasteiger partial charge on any atom is 0.244 e. The zero-order chi connectivity index (χ0) is 14.0. The second kappa shape index (κ2) is 7.42. The lowest BCUT2D eigenvalue weighted by molar-refractivity contribution is 0.293. The van der Waals surface area contributed by atoms with Crippen molar-refractivity contribution in [3.63, 3.8) is 0 Å². The molecule has 20 heavy (non-hydrogen) atoms. The van der Waals surface area contributed by atoms with Crippen molar-refractivity contribution in [2.45, 2.75) is 23.8 Å². The molecule has 8 heteroatoms. The van der Waals surface area contributed by atoms with E-state index in [9.17, 15) is 8.42 Å². The molecule has 114 valence electrons. The van der Waals surface area contributed by atoms with Gasteiger partial charge in [-0.05, 0) is 38.1 Å². The van der Waals surface area contributed by atoms with E-state index < -0.39 is 10.0 Å². The predicted octanol–water partition coefficient (Wildman–Crippen LogP) is 2.90. The van der Waals surface area contributed by atoms with Crippen LogP contribution in [0.5, 0.6) is 0 Å². The van der Waals surface area contributed by atoms with Crippen LogP contribution in [0, 0.1) is 0 Å². The predicted molar refractivity (Wildman–Crippen MR) is 87.2 cm³/mol. The van der Waals surface area contributed by atoms with Crippen LogP contribution >= 0.6 is 39.9 Å². The monoisotopic (exact) mass is 402 g/mol. The van der Waals surface area contributed by atoms with Crippen molar-refractivity contribution in [3.8, 4) is 0 Å². The van der Waals surface area contributed by atoms with Gasteiger partial charge in [-0.3, -0.25) is 0 Å². The largest absolute Gasteiger partial charge is 0.316 e. The zero-order valence-corrected chi connectivity index (χ0v) is 14.9. The minimum Gasteiger partial charge on any atom is -0.316 e. The molecule has 2 rings (SSSR count). The smallest absolute Gasteiger partial charge is 0.244 e. The molecule has 1 saturated heterocycles. The highest BCUT2D eigenvalue weighted by molar-refractivity contribution is 9.10. The molecule has 1 aliphatic heterocycles. The summed E-state index contributed by atoms with van der Waals surface area (Å²) < 4.78 is 27.4. The number of hydrogen-bond acceptors (Lipinski definition) is 3. The van der Waals surface area contributed by atoms with Gasteiger partial charge in [-0.2, -0.15) is 4.31 Å². The fourth-order valence-corrected chi connectivity index (χ4v) is 4.75. The van der Waals surface area contributed by atoms with E-state index >= 15 is 0 Å².